The number of nitrogens with two attached hydrogens (primary N) is 1. The van der Waals surface area contributed by atoms with Crippen LogP contribution >= 0.6 is 7.82 Å². The number of carbonyl (C=O) groups excluding carboxylic acids is 1. The van der Waals surface area contributed by atoms with Gasteiger partial charge in [0, 0.05) is 19.6 Å². The second kappa shape index (κ2) is 48.5. The van der Waals surface area contributed by atoms with Gasteiger partial charge >= 0.3 is 13.8 Å². The topological polar surface area (TPSA) is 117 Å². The largest absolute Gasteiger partial charge is 0.472 e. The van der Waals surface area contributed by atoms with Crippen LogP contribution in [0.3, 0.4) is 0 Å². The summed E-state index contributed by atoms with van der Waals surface area (Å²) in [7, 11) is -4.29. The van der Waals surface area contributed by atoms with Gasteiger partial charge in [0.15, 0.2) is 0 Å². The second-order valence-electron chi connectivity index (χ2n) is 16.7. The van der Waals surface area contributed by atoms with Crippen molar-refractivity contribution >= 4 is 13.8 Å². The van der Waals surface area contributed by atoms with Crippen molar-refractivity contribution in [3.05, 3.63) is 48.6 Å². The van der Waals surface area contributed by atoms with Gasteiger partial charge in [-0.05, 0) is 51.4 Å². The molecule has 0 aromatic heterocycles. The number of phosphoric acid groups is 1. The molecule has 0 amide bonds. The molecule has 0 rings (SSSR count). The average Bonchev–Trinajstić information content (AvgIpc) is 3.24. The summed E-state index contributed by atoms with van der Waals surface area (Å²) in [6.07, 6.45) is 58.6. The maximum Gasteiger partial charge on any atom is 0.472 e. The fourth-order valence-electron chi connectivity index (χ4n) is 7.11. The molecule has 0 spiro atoms. The van der Waals surface area contributed by atoms with Crippen molar-refractivity contribution in [2.75, 3.05) is 33.0 Å². The van der Waals surface area contributed by atoms with E-state index >= 15 is 0 Å². The SMILES string of the molecule is CC/C=C\C/C=C\C/C=C\C/C=C\CCCCCCCOCC(COP(=O)(O)OCCN)OC(=O)CCCCCCCCCCCCCCCCCCCCCCCCC. The molecular formula is C51H96NO7P. The highest BCUT2D eigenvalue weighted by molar-refractivity contribution is 7.47. The lowest BCUT2D eigenvalue weighted by molar-refractivity contribution is -0.154. The van der Waals surface area contributed by atoms with Crippen molar-refractivity contribution in [3.8, 4) is 0 Å². The van der Waals surface area contributed by atoms with Gasteiger partial charge in [-0.25, -0.2) is 4.57 Å². The smallest absolute Gasteiger partial charge is 0.457 e. The summed E-state index contributed by atoms with van der Waals surface area (Å²) in [5.74, 6) is -0.334. The Hall–Kier alpha value is -1.54. The van der Waals surface area contributed by atoms with Crippen molar-refractivity contribution in [1.82, 2.24) is 0 Å². The molecule has 0 saturated carbocycles. The van der Waals surface area contributed by atoms with E-state index in [0.717, 1.165) is 70.6 Å². The van der Waals surface area contributed by atoms with Crippen LogP contribution in [0.4, 0.5) is 0 Å². The summed E-state index contributed by atoms with van der Waals surface area (Å²) in [4.78, 5) is 22.6. The van der Waals surface area contributed by atoms with Gasteiger partial charge in [0.1, 0.15) is 6.10 Å². The monoisotopic (exact) mass is 866 g/mol. The van der Waals surface area contributed by atoms with Gasteiger partial charge in [0.2, 0.25) is 0 Å². The molecule has 0 saturated heterocycles. The van der Waals surface area contributed by atoms with E-state index < -0.39 is 13.9 Å². The number of rotatable bonds is 48. The molecule has 352 valence electrons. The zero-order valence-electron chi connectivity index (χ0n) is 39.2. The van der Waals surface area contributed by atoms with E-state index in [-0.39, 0.29) is 32.3 Å². The second-order valence-corrected chi connectivity index (χ2v) is 18.1. The van der Waals surface area contributed by atoms with Gasteiger partial charge in [-0.15, -0.1) is 0 Å². The van der Waals surface area contributed by atoms with Crippen LogP contribution in [0.2, 0.25) is 0 Å². The highest BCUT2D eigenvalue weighted by atomic mass is 31.2. The minimum atomic E-state index is -4.29. The Morgan fingerprint density at radius 1 is 0.517 bits per heavy atom. The number of ether oxygens (including phenoxy) is 2. The highest BCUT2D eigenvalue weighted by Gasteiger charge is 2.25. The summed E-state index contributed by atoms with van der Waals surface area (Å²) in [6, 6.07) is 0. The number of phosphoric ester groups is 1. The maximum atomic E-state index is 12.7. The number of carbonyl (C=O) groups is 1. The number of esters is 1. The molecule has 2 unspecified atom stereocenters. The third-order valence-corrected chi connectivity index (χ3v) is 11.7. The lowest BCUT2D eigenvalue weighted by Crippen LogP contribution is -2.28. The van der Waals surface area contributed by atoms with Crippen LogP contribution in [0, 0.1) is 0 Å². The molecular weight excluding hydrogens is 770 g/mol. The number of hydrogen-bond donors (Lipinski definition) is 2. The Morgan fingerprint density at radius 3 is 1.40 bits per heavy atom. The standard InChI is InChI=1S/C51H96NO7P/c1-3-5-7-9-11-13-15-17-19-21-23-24-25-26-27-28-30-32-34-36-38-40-42-44-51(53)59-50(49-58-60(54,55)57-47-45-52)48-56-46-43-41-39-37-35-33-31-29-22-20-18-16-14-12-10-8-6-4-2/h6,8,12,14,18,20,29,31,50H,3-5,7,9-11,13,15-17,19,21-28,30,32-49,52H2,1-2H3,(H,54,55)/b8-6-,14-12-,20-18-,31-29-. The molecule has 0 aliphatic rings. The Labute approximate surface area is 371 Å². The Bertz CT molecular complexity index is 1060. The lowest BCUT2D eigenvalue weighted by atomic mass is 10.0. The number of allylic oxidation sites excluding steroid dienone is 8. The van der Waals surface area contributed by atoms with E-state index in [2.05, 4.69) is 62.5 Å². The maximum absolute atomic E-state index is 12.7. The quantitative estimate of drug-likeness (QED) is 0.0269. The minimum absolute atomic E-state index is 0.0967. The van der Waals surface area contributed by atoms with Gasteiger partial charge in [0.25, 0.3) is 0 Å². The summed E-state index contributed by atoms with van der Waals surface area (Å²) in [5.41, 5.74) is 5.38. The fourth-order valence-corrected chi connectivity index (χ4v) is 7.87. The van der Waals surface area contributed by atoms with Gasteiger partial charge < -0.3 is 20.1 Å². The zero-order valence-corrected chi connectivity index (χ0v) is 40.1. The van der Waals surface area contributed by atoms with Crippen LogP contribution in [0.1, 0.15) is 232 Å². The molecule has 0 heterocycles. The van der Waals surface area contributed by atoms with Crippen molar-refractivity contribution in [3.63, 3.8) is 0 Å². The van der Waals surface area contributed by atoms with Crippen molar-refractivity contribution < 1.29 is 32.8 Å². The molecule has 8 nitrogen and oxygen atoms in total. The predicted molar refractivity (Wildman–Crippen MR) is 256 cm³/mol. The van der Waals surface area contributed by atoms with Crippen LogP contribution in [0.5, 0.6) is 0 Å². The molecule has 0 aliphatic carbocycles. The van der Waals surface area contributed by atoms with Crippen LogP contribution < -0.4 is 5.73 Å². The van der Waals surface area contributed by atoms with E-state index in [4.69, 9.17) is 24.3 Å². The lowest BCUT2D eigenvalue weighted by Gasteiger charge is -2.20. The Balaban J connectivity index is 3.94. The molecule has 0 radical (unpaired) electrons. The van der Waals surface area contributed by atoms with E-state index in [1.165, 1.54) is 141 Å². The van der Waals surface area contributed by atoms with E-state index in [1.807, 2.05) is 0 Å². The number of unbranched alkanes of at least 4 members (excludes halogenated alkanes) is 27. The first kappa shape index (κ1) is 58.5. The third kappa shape index (κ3) is 47.5. The van der Waals surface area contributed by atoms with Crippen molar-refractivity contribution in [2.45, 2.75) is 238 Å². The summed E-state index contributed by atoms with van der Waals surface area (Å²) >= 11 is 0. The summed E-state index contributed by atoms with van der Waals surface area (Å²) in [6.45, 7) is 4.80. The van der Waals surface area contributed by atoms with Gasteiger partial charge in [-0.1, -0.05) is 223 Å². The van der Waals surface area contributed by atoms with Gasteiger partial charge in [0.05, 0.1) is 19.8 Å². The van der Waals surface area contributed by atoms with Crippen molar-refractivity contribution in [1.29, 1.82) is 0 Å². The first-order chi connectivity index (χ1) is 29.4. The number of hydrogen-bond acceptors (Lipinski definition) is 7. The molecule has 0 fully saturated rings. The average molecular weight is 866 g/mol. The van der Waals surface area contributed by atoms with Crippen molar-refractivity contribution in [2.24, 2.45) is 5.73 Å². The van der Waals surface area contributed by atoms with E-state index in [1.54, 1.807) is 0 Å². The minimum Gasteiger partial charge on any atom is -0.457 e. The Morgan fingerprint density at radius 2 is 0.933 bits per heavy atom. The fraction of sp³-hybridized carbons (Fsp3) is 0.824. The Kier molecular flexibility index (Phi) is 47.2. The molecule has 3 N–H and O–H groups in total. The summed E-state index contributed by atoms with van der Waals surface area (Å²) in [5, 5.41) is 0. The highest BCUT2D eigenvalue weighted by Crippen LogP contribution is 2.43. The first-order valence-corrected chi connectivity index (χ1v) is 26.6. The molecule has 0 aromatic rings. The first-order valence-electron chi connectivity index (χ1n) is 25.1. The van der Waals surface area contributed by atoms with E-state index in [9.17, 15) is 14.3 Å². The summed E-state index contributed by atoms with van der Waals surface area (Å²) < 4.78 is 33.5. The van der Waals surface area contributed by atoms with Gasteiger partial charge in [-0.3, -0.25) is 13.8 Å². The van der Waals surface area contributed by atoms with Crippen LogP contribution in [0.25, 0.3) is 0 Å². The molecule has 0 bridgehead atoms. The molecule has 0 aliphatic heterocycles. The molecule has 60 heavy (non-hydrogen) atoms. The van der Waals surface area contributed by atoms with Crippen LogP contribution in [-0.4, -0.2) is 49.9 Å². The third-order valence-electron chi connectivity index (χ3n) is 10.8. The van der Waals surface area contributed by atoms with E-state index in [0.29, 0.717) is 13.0 Å². The molecule has 2 atom stereocenters. The van der Waals surface area contributed by atoms with Crippen LogP contribution in [0.15, 0.2) is 48.6 Å². The van der Waals surface area contributed by atoms with Gasteiger partial charge in [-0.2, -0.15) is 0 Å². The zero-order chi connectivity index (χ0) is 43.7. The normalized spacial score (nSPS) is 13.7. The predicted octanol–water partition coefficient (Wildman–Crippen LogP) is 15.5. The molecule has 9 heteroatoms. The van der Waals surface area contributed by atoms with Crippen LogP contribution in [-0.2, 0) is 27.9 Å². The molecule has 0 aromatic carbocycles.